The Morgan fingerprint density at radius 2 is 1.91 bits per heavy atom. The number of nitrogens with one attached hydrogen (secondary N) is 2. The number of fused-ring (bicyclic) bond motifs is 1. The number of ketones is 1. The number of benzene rings is 2. The van der Waals surface area contributed by atoms with Crippen LogP contribution in [0.1, 0.15) is 38.3 Å². The summed E-state index contributed by atoms with van der Waals surface area (Å²) >= 11 is 0. The first-order valence-electron chi connectivity index (χ1n) is 11.5. The van der Waals surface area contributed by atoms with Gasteiger partial charge in [0.1, 0.15) is 17.6 Å². The van der Waals surface area contributed by atoms with E-state index in [2.05, 4.69) is 22.8 Å². The average Bonchev–Trinajstić information content (AvgIpc) is 3.28. The number of aliphatic imine (C=N–C) groups is 1. The van der Waals surface area contributed by atoms with Crippen LogP contribution in [0, 0.1) is 0 Å². The van der Waals surface area contributed by atoms with E-state index in [9.17, 15) is 9.59 Å². The van der Waals surface area contributed by atoms with Crippen LogP contribution in [0.15, 0.2) is 76.9 Å². The molecule has 1 amide bonds. The standard InChI is InChI=1S/C27H30N4O2/c1-4-23-25(32)24(27(33)28-5-2)17-31(22-15-14-19-10-9-11-20(19)16-22)26(23)30-18(3)29-21-12-7-6-8-13-21/h4,6-8,12-18,29H,5,9-11H2,1-3H3,(H,28,33)/b23-4-,30-26?. The van der Waals surface area contributed by atoms with E-state index in [0.717, 1.165) is 30.6 Å². The van der Waals surface area contributed by atoms with Crippen LogP contribution in [0.4, 0.5) is 11.4 Å². The molecule has 1 unspecified atom stereocenters. The molecule has 4 rings (SSSR count). The summed E-state index contributed by atoms with van der Waals surface area (Å²) in [6.07, 6.45) is 6.36. The Balaban J connectivity index is 1.79. The maximum atomic E-state index is 13.3. The van der Waals surface area contributed by atoms with Gasteiger partial charge in [-0.05, 0) is 75.4 Å². The lowest BCUT2D eigenvalue weighted by Crippen LogP contribution is -2.41. The van der Waals surface area contributed by atoms with E-state index >= 15 is 0 Å². The molecule has 0 aromatic heterocycles. The third-order valence-electron chi connectivity index (χ3n) is 5.91. The molecule has 1 aliphatic heterocycles. The first-order chi connectivity index (χ1) is 16.0. The fourth-order valence-electron chi connectivity index (χ4n) is 4.33. The van der Waals surface area contributed by atoms with Gasteiger partial charge in [-0.3, -0.25) is 9.59 Å². The zero-order valence-corrected chi connectivity index (χ0v) is 19.4. The van der Waals surface area contributed by atoms with Gasteiger partial charge in [-0.15, -0.1) is 0 Å². The lowest BCUT2D eigenvalue weighted by atomic mass is 9.96. The van der Waals surface area contributed by atoms with Crippen LogP contribution in [-0.2, 0) is 22.4 Å². The summed E-state index contributed by atoms with van der Waals surface area (Å²) < 4.78 is 0. The summed E-state index contributed by atoms with van der Waals surface area (Å²) in [5, 5.41) is 6.12. The third-order valence-corrected chi connectivity index (χ3v) is 5.91. The van der Waals surface area contributed by atoms with E-state index in [1.54, 1.807) is 19.2 Å². The molecule has 33 heavy (non-hydrogen) atoms. The van der Waals surface area contributed by atoms with Gasteiger partial charge in [-0.1, -0.05) is 30.3 Å². The second kappa shape index (κ2) is 9.86. The smallest absolute Gasteiger partial charge is 0.256 e. The number of aryl methyl sites for hydroxylation is 2. The van der Waals surface area contributed by atoms with E-state index in [-0.39, 0.29) is 23.4 Å². The Kier molecular flexibility index (Phi) is 6.73. The zero-order chi connectivity index (χ0) is 23.4. The first kappa shape index (κ1) is 22.5. The molecule has 2 N–H and O–H groups in total. The number of rotatable bonds is 6. The Morgan fingerprint density at radius 1 is 1.15 bits per heavy atom. The maximum Gasteiger partial charge on any atom is 0.256 e. The van der Waals surface area contributed by atoms with Gasteiger partial charge in [0.05, 0.1) is 5.57 Å². The van der Waals surface area contributed by atoms with Crippen molar-refractivity contribution in [2.45, 2.75) is 46.2 Å². The molecule has 0 radical (unpaired) electrons. The van der Waals surface area contributed by atoms with Gasteiger partial charge < -0.3 is 15.5 Å². The molecular weight excluding hydrogens is 412 g/mol. The molecule has 1 aliphatic carbocycles. The van der Waals surface area contributed by atoms with Gasteiger partial charge in [0.15, 0.2) is 0 Å². The second-order valence-corrected chi connectivity index (χ2v) is 8.25. The number of hydrogen-bond donors (Lipinski definition) is 2. The maximum absolute atomic E-state index is 13.3. The van der Waals surface area contributed by atoms with Crippen LogP contribution in [0.25, 0.3) is 0 Å². The number of carbonyl (C=O) groups excluding carboxylic acids is 2. The van der Waals surface area contributed by atoms with Crippen LogP contribution in [-0.4, -0.2) is 30.2 Å². The van der Waals surface area contributed by atoms with Crippen molar-refractivity contribution in [2.75, 3.05) is 16.8 Å². The molecule has 0 fully saturated rings. The van der Waals surface area contributed by atoms with E-state index in [4.69, 9.17) is 4.99 Å². The van der Waals surface area contributed by atoms with Gasteiger partial charge in [-0.25, -0.2) is 4.99 Å². The van der Waals surface area contributed by atoms with E-state index < -0.39 is 0 Å². The highest BCUT2D eigenvalue weighted by molar-refractivity contribution is 6.40. The molecule has 2 aromatic carbocycles. The topological polar surface area (TPSA) is 73.8 Å². The monoisotopic (exact) mass is 442 g/mol. The van der Waals surface area contributed by atoms with Crippen molar-refractivity contribution >= 4 is 28.9 Å². The molecule has 1 heterocycles. The molecule has 2 aliphatic rings. The average molecular weight is 443 g/mol. The lowest BCUT2D eigenvalue weighted by Gasteiger charge is -2.30. The number of Topliss-reactive ketones (excluding diaryl/α,β-unsaturated/α-hetero) is 1. The van der Waals surface area contributed by atoms with E-state index in [0.29, 0.717) is 18.0 Å². The van der Waals surface area contributed by atoms with E-state index in [1.807, 2.05) is 55.1 Å². The van der Waals surface area contributed by atoms with Crippen molar-refractivity contribution in [1.82, 2.24) is 5.32 Å². The minimum absolute atomic E-state index is 0.119. The highest BCUT2D eigenvalue weighted by Gasteiger charge is 2.34. The van der Waals surface area contributed by atoms with Crippen molar-refractivity contribution < 1.29 is 9.59 Å². The zero-order valence-electron chi connectivity index (χ0n) is 19.4. The molecule has 0 spiro atoms. The SMILES string of the molecule is C/C=C1/C(=O)C(C(=O)NCC)=CN(c2ccc3c(c2)CCC3)C1=NC(C)Nc1ccccc1. The molecular formula is C27H30N4O2. The largest absolute Gasteiger partial charge is 0.364 e. The molecule has 0 bridgehead atoms. The van der Waals surface area contributed by atoms with Crippen molar-refractivity contribution in [3.8, 4) is 0 Å². The van der Waals surface area contributed by atoms with Gasteiger partial charge >= 0.3 is 0 Å². The second-order valence-electron chi connectivity index (χ2n) is 8.25. The number of carbonyl (C=O) groups is 2. The summed E-state index contributed by atoms with van der Waals surface area (Å²) in [4.78, 5) is 32.7. The van der Waals surface area contributed by atoms with Crippen LogP contribution < -0.4 is 15.5 Å². The number of hydrogen-bond acceptors (Lipinski definition) is 4. The quantitative estimate of drug-likeness (QED) is 0.514. The van der Waals surface area contributed by atoms with Crippen molar-refractivity contribution in [3.63, 3.8) is 0 Å². The van der Waals surface area contributed by atoms with Crippen molar-refractivity contribution in [3.05, 3.63) is 83.1 Å². The molecule has 6 nitrogen and oxygen atoms in total. The number of anilines is 2. The fourth-order valence-corrected chi connectivity index (χ4v) is 4.33. The van der Waals surface area contributed by atoms with Gasteiger partial charge in [-0.2, -0.15) is 0 Å². The third kappa shape index (κ3) is 4.75. The molecule has 0 saturated heterocycles. The Hall–Kier alpha value is -3.67. The van der Waals surface area contributed by atoms with Crippen LogP contribution >= 0.6 is 0 Å². The lowest BCUT2D eigenvalue weighted by molar-refractivity contribution is -0.121. The Bertz CT molecular complexity index is 1150. The summed E-state index contributed by atoms with van der Waals surface area (Å²) in [6.45, 7) is 6.04. The van der Waals surface area contributed by atoms with Crippen molar-refractivity contribution in [1.29, 1.82) is 0 Å². The fraction of sp³-hybridized carbons (Fsp3) is 0.296. The summed E-state index contributed by atoms with van der Waals surface area (Å²) in [6, 6.07) is 16.2. The number of amidine groups is 1. The van der Waals surface area contributed by atoms with Crippen LogP contribution in [0.5, 0.6) is 0 Å². The minimum Gasteiger partial charge on any atom is -0.364 e. The number of allylic oxidation sites excluding steroid dienone is 1. The summed E-state index contributed by atoms with van der Waals surface area (Å²) in [5.74, 6) is -0.154. The van der Waals surface area contributed by atoms with Gasteiger partial charge in [0, 0.05) is 24.1 Å². The first-order valence-corrected chi connectivity index (χ1v) is 11.5. The molecule has 2 aromatic rings. The number of amides is 1. The highest BCUT2D eigenvalue weighted by Crippen LogP contribution is 2.31. The van der Waals surface area contributed by atoms with Gasteiger partial charge in [0.25, 0.3) is 5.91 Å². The molecule has 6 heteroatoms. The number of likely N-dealkylation sites (N-methyl/N-ethyl adjacent to an activating group) is 1. The highest BCUT2D eigenvalue weighted by atomic mass is 16.2. The molecule has 170 valence electrons. The number of nitrogens with zero attached hydrogens (tertiary/aromatic N) is 2. The normalized spacial score (nSPS) is 18.8. The van der Waals surface area contributed by atoms with E-state index in [1.165, 1.54) is 11.1 Å². The number of para-hydroxylation sites is 1. The van der Waals surface area contributed by atoms with Gasteiger partial charge in [0.2, 0.25) is 5.78 Å². The molecule has 1 atom stereocenters. The van der Waals surface area contributed by atoms with Crippen molar-refractivity contribution in [2.24, 2.45) is 4.99 Å². The predicted molar refractivity (Wildman–Crippen MR) is 133 cm³/mol. The summed E-state index contributed by atoms with van der Waals surface area (Å²) in [7, 11) is 0. The predicted octanol–water partition coefficient (Wildman–Crippen LogP) is 4.39. The Morgan fingerprint density at radius 3 is 2.64 bits per heavy atom. The Labute approximate surface area is 195 Å². The minimum atomic E-state index is -0.373. The summed E-state index contributed by atoms with van der Waals surface area (Å²) in [5.41, 5.74) is 5.06. The molecule has 0 saturated carbocycles. The van der Waals surface area contributed by atoms with Crippen LogP contribution in [0.3, 0.4) is 0 Å². The van der Waals surface area contributed by atoms with Crippen LogP contribution in [0.2, 0.25) is 0 Å².